The smallest absolute Gasteiger partial charge is 0.188 e. The molecule has 0 radical (unpaired) electrons. The fourth-order valence-electron chi connectivity index (χ4n) is 2.60. The predicted molar refractivity (Wildman–Crippen MR) is 91.4 cm³/mol. The first kappa shape index (κ1) is 14.8. The highest BCUT2D eigenvalue weighted by Crippen LogP contribution is 2.29. The van der Waals surface area contributed by atoms with E-state index in [2.05, 4.69) is 9.98 Å². The third kappa shape index (κ3) is 2.42. The number of fused-ring (bicyclic) bond motifs is 1. The van der Waals surface area contributed by atoms with E-state index in [1.807, 2.05) is 18.2 Å². The van der Waals surface area contributed by atoms with Gasteiger partial charge in [-0.05, 0) is 31.0 Å². The van der Waals surface area contributed by atoms with E-state index < -0.39 is 0 Å². The van der Waals surface area contributed by atoms with Crippen LogP contribution in [0.3, 0.4) is 0 Å². The van der Waals surface area contributed by atoms with E-state index in [4.69, 9.17) is 12.2 Å². The van der Waals surface area contributed by atoms with E-state index in [9.17, 15) is 9.90 Å². The monoisotopic (exact) mass is 312 g/mol. The zero-order valence-corrected chi connectivity index (χ0v) is 13.3. The minimum absolute atomic E-state index is 0.00697. The average molecular weight is 312 g/mol. The van der Waals surface area contributed by atoms with Crippen molar-refractivity contribution < 1.29 is 5.11 Å². The second kappa shape index (κ2) is 5.59. The van der Waals surface area contributed by atoms with Gasteiger partial charge in [0.05, 0.1) is 28.6 Å². The second-order valence-corrected chi connectivity index (χ2v) is 5.89. The lowest BCUT2D eigenvalue weighted by Crippen LogP contribution is -2.21. The summed E-state index contributed by atoms with van der Waals surface area (Å²) in [5.41, 5.74) is 5.51. The van der Waals surface area contributed by atoms with Gasteiger partial charge in [-0.25, -0.2) is 0 Å². The van der Waals surface area contributed by atoms with Crippen LogP contribution in [0.25, 0.3) is 0 Å². The number of nitrogens with zero attached hydrogens (tertiary/aromatic N) is 1. The van der Waals surface area contributed by atoms with Crippen molar-refractivity contribution in [3.05, 3.63) is 62.6 Å². The van der Waals surface area contributed by atoms with Crippen molar-refractivity contribution in [3.63, 3.8) is 0 Å². The molecular weight excluding hydrogens is 296 g/mol. The maximum atomic E-state index is 12.1. The summed E-state index contributed by atoms with van der Waals surface area (Å²) in [6.07, 6.45) is 2.33. The fraction of sp³-hybridized carbons (Fsp3) is 0.235. The first-order valence-electron chi connectivity index (χ1n) is 7.05. The summed E-state index contributed by atoms with van der Waals surface area (Å²) in [5.74, 6) is 0. The molecule has 5 heteroatoms. The van der Waals surface area contributed by atoms with Crippen LogP contribution in [0.4, 0.5) is 5.69 Å². The Morgan fingerprint density at radius 1 is 1.41 bits per heavy atom. The van der Waals surface area contributed by atoms with E-state index in [1.165, 1.54) is 0 Å². The van der Waals surface area contributed by atoms with Crippen molar-refractivity contribution >= 4 is 28.5 Å². The van der Waals surface area contributed by atoms with E-state index in [1.54, 1.807) is 20.0 Å². The summed E-state index contributed by atoms with van der Waals surface area (Å²) in [5, 5.41) is 9.20. The number of thiocarbonyl (C=S) groups is 1. The molecule has 3 rings (SSSR count). The molecule has 0 aliphatic carbocycles. The van der Waals surface area contributed by atoms with E-state index in [-0.39, 0.29) is 12.0 Å². The molecule has 1 aromatic heterocycles. The zero-order valence-electron chi connectivity index (χ0n) is 12.4. The molecule has 0 fully saturated rings. The van der Waals surface area contributed by atoms with Crippen LogP contribution in [0, 0.1) is 13.8 Å². The number of aryl methyl sites for hydroxylation is 1. The van der Waals surface area contributed by atoms with Gasteiger partial charge in [-0.2, -0.15) is 0 Å². The number of H-pyrrole nitrogens is 1. The number of benzene rings is 1. The van der Waals surface area contributed by atoms with Gasteiger partial charge >= 0.3 is 0 Å². The van der Waals surface area contributed by atoms with Crippen molar-refractivity contribution in [2.45, 2.75) is 26.9 Å². The fourth-order valence-corrected chi connectivity index (χ4v) is 2.93. The molecule has 1 aromatic carbocycles. The largest absolute Gasteiger partial charge is 0.392 e. The molecule has 2 N–H and O–H groups in total. The minimum atomic E-state index is -0.00697. The van der Waals surface area contributed by atoms with Crippen LogP contribution in [0.1, 0.15) is 27.9 Å². The number of hydrogen-bond donors (Lipinski definition) is 2. The van der Waals surface area contributed by atoms with Crippen molar-refractivity contribution in [1.82, 2.24) is 4.98 Å². The van der Waals surface area contributed by atoms with Crippen LogP contribution in [0.15, 0.2) is 34.2 Å². The summed E-state index contributed by atoms with van der Waals surface area (Å²) < 4.78 is 0. The third-order valence-corrected chi connectivity index (χ3v) is 4.38. The first-order valence-corrected chi connectivity index (χ1v) is 7.46. The zero-order chi connectivity index (χ0) is 15.9. The normalized spacial score (nSPS) is 13.0. The van der Waals surface area contributed by atoms with Crippen molar-refractivity contribution in [2.75, 3.05) is 0 Å². The molecule has 4 nitrogen and oxygen atoms in total. The maximum absolute atomic E-state index is 12.1. The molecule has 0 bridgehead atoms. The van der Waals surface area contributed by atoms with Gasteiger partial charge in [0.1, 0.15) is 0 Å². The second-order valence-electron chi connectivity index (χ2n) is 5.49. The number of aliphatic hydroxyl groups is 1. The molecule has 112 valence electrons. The van der Waals surface area contributed by atoms with Gasteiger partial charge in [0, 0.05) is 23.7 Å². The number of hydrogen-bond acceptors (Lipinski definition) is 4. The molecule has 22 heavy (non-hydrogen) atoms. The standard InChI is InChI=1S/C17H16N2O2S/c1-9-7-18-15(10(2)16(9)21)17(22)14-6-12-4-3-11(8-20)5-13(12)19-14/h3-5,7,20H,6,8H2,1-2H3,(H,18,21). The van der Waals surface area contributed by atoms with Gasteiger partial charge in [0.25, 0.3) is 0 Å². The van der Waals surface area contributed by atoms with Crippen LogP contribution in [0.2, 0.25) is 0 Å². The van der Waals surface area contributed by atoms with Crippen LogP contribution in [-0.4, -0.2) is 20.7 Å². The van der Waals surface area contributed by atoms with Gasteiger partial charge < -0.3 is 10.1 Å². The number of aliphatic imine (C=N–C) groups is 1. The third-order valence-electron chi connectivity index (χ3n) is 3.94. The van der Waals surface area contributed by atoms with Crippen LogP contribution in [0.5, 0.6) is 0 Å². The molecule has 0 unspecified atom stereocenters. The van der Waals surface area contributed by atoms with Crippen molar-refractivity contribution in [2.24, 2.45) is 4.99 Å². The Balaban J connectivity index is 1.98. The van der Waals surface area contributed by atoms with E-state index in [0.29, 0.717) is 28.1 Å². The highest BCUT2D eigenvalue weighted by atomic mass is 32.1. The molecule has 2 aromatic rings. The number of nitrogens with one attached hydrogen (secondary N) is 1. The van der Waals surface area contributed by atoms with Crippen LogP contribution < -0.4 is 5.43 Å². The number of rotatable bonds is 3. The average Bonchev–Trinajstić information content (AvgIpc) is 2.95. The van der Waals surface area contributed by atoms with Gasteiger partial charge in [0.15, 0.2) is 5.43 Å². The lowest BCUT2D eigenvalue weighted by atomic mass is 10.0. The number of aromatic amines is 1. The Hall–Kier alpha value is -2.11. The molecule has 0 amide bonds. The van der Waals surface area contributed by atoms with E-state index in [0.717, 1.165) is 22.5 Å². The number of pyridine rings is 1. The Bertz CT molecular complexity index is 865. The summed E-state index contributed by atoms with van der Waals surface area (Å²) in [6, 6.07) is 5.72. The number of aliphatic hydroxyl groups excluding tert-OH is 1. The Morgan fingerprint density at radius 2 is 2.18 bits per heavy atom. The molecular formula is C17H16N2O2S. The van der Waals surface area contributed by atoms with Crippen molar-refractivity contribution in [3.8, 4) is 0 Å². The molecule has 0 saturated heterocycles. The van der Waals surface area contributed by atoms with Crippen LogP contribution in [-0.2, 0) is 13.0 Å². The molecule has 2 heterocycles. The predicted octanol–water partition coefficient (Wildman–Crippen LogP) is 2.53. The highest BCUT2D eigenvalue weighted by molar-refractivity contribution is 7.82. The van der Waals surface area contributed by atoms with Gasteiger partial charge in [-0.1, -0.05) is 24.4 Å². The summed E-state index contributed by atoms with van der Waals surface area (Å²) >= 11 is 5.53. The molecule has 0 spiro atoms. The Labute approximate surface area is 133 Å². The summed E-state index contributed by atoms with van der Waals surface area (Å²) in [6.45, 7) is 3.55. The van der Waals surface area contributed by atoms with Gasteiger partial charge in [-0.15, -0.1) is 0 Å². The van der Waals surface area contributed by atoms with Crippen molar-refractivity contribution in [1.29, 1.82) is 0 Å². The molecule has 1 aliphatic heterocycles. The topological polar surface area (TPSA) is 65.4 Å². The Kier molecular flexibility index (Phi) is 3.76. The minimum Gasteiger partial charge on any atom is -0.392 e. The Morgan fingerprint density at radius 3 is 2.91 bits per heavy atom. The molecule has 1 aliphatic rings. The van der Waals surface area contributed by atoms with Gasteiger partial charge in [-0.3, -0.25) is 9.79 Å². The quantitative estimate of drug-likeness (QED) is 0.676. The summed E-state index contributed by atoms with van der Waals surface area (Å²) in [4.78, 5) is 20.3. The molecule has 0 saturated carbocycles. The summed E-state index contributed by atoms with van der Waals surface area (Å²) in [7, 11) is 0. The number of aromatic nitrogens is 1. The maximum Gasteiger partial charge on any atom is 0.188 e. The lowest BCUT2D eigenvalue weighted by Gasteiger charge is -2.08. The lowest BCUT2D eigenvalue weighted by molar-refractivity contribution is 0.282. The molecule has 0 atom stereocenters. The first-order chi connectivity index (χ1) is 10.5. The van der Waals surface area contributed by atoms with E-state index >= 15 is 0 Å². The SMILES string of the molecule is Cc1c[nH]c(C(=S)C2=Nc3cc(CO)ccc3C2)c(C)c1=O. The highest BCUT2D eigenvalue weighted by Gasteiger charge is 2.21. The van der Waals surface area contributed by atoms with Gasteiger partial charge in [0.2, 0.25) is 0 Å². The van der Waals surface area contributed by atoms with Crippen LogP contribution >= 0.6 is 12.2 Å².